The summed E-state index contributed by atoms with van der Waals surface area (Å²) in [4.78, 5) is 8.80. The molecule has 10 heteroatoms. The second kappa shape index (κ2) is 9.61. The fourth-order valence-electron chi connectivity index (χ4n) is 2.98. The number of halogens is 2. The van der Waals surface area contributed by atoms with E-state index in [0.717, 1.165) is 16.3 Å². The lowest BCUT2D eigenvalue weighted by Gasteiger charge is -2.15. The minimum atomic E-state index is -2.94. The Morgan fingerprint density at radius 3 is 2.65 bits per heavy atom. The van der Waals surface area contributed by atoms with E-state index in [1.165, 1.54) is 6.07 Å². The van der Waals surface area contributed by atoms with Gasteiger partial charge in [0.15, 0.2) is 17.5 Å². The average Bonchev–Trinajstić information content (AvgIpc) is 3.43. The highest BCUT2D eigenvalue weighted by Crippen LogP contribution is 2.38. The van der Waals surface area contributed by atoms with Gasteiger partial charge in [-0.15, -0.1) is 11.3 Å². The van der Waals surface area contributed by atoms with Crippen LogP contribution < -0.4 is 24.8 Å². The van der Waals surface area contributed by atoms with E-state index in [4.69, 9.17) is 9.47 Å². The normalized spacial score (nSPS) is 12.8. The zero-order chi connectivity index (χ0) is 21.6. The molecule has 0 bridgehead atoms. The Bertz CT molecular complexity index is 1060. The van der Waals surface area contributed by atoms with Crippen molar-refractivity contribution >= 4 is 17.3 Å². The molecule has 1 aliphatic heterocycles. The standard InChI is InChI=1S/C21H20F2N4O3S/c1-24-21(26-10-15-11-31-19(27-15)13-5-3-2-4-6-13)25-9-14-7-17-18(29-12-28-17)8-16(14)30-20(22)23/h2-8,11,20H,9-10,12H2,1H3,(H2,24,25,26). The van der Waals surface area contributed by atoms with Crippen molar-refractivity contribution in [3.63, 3.8) is 0 Å². The molecular formula is C21H20F2N4O3S. The summed E-state index contributed by atoms with van der Waals surface area (Å²) in [6, 6.07) is 13.0. The van der Waals surface area contributed by atoms with Crippen LogP contribution in [0, 0.1) is 0 Å². The van der Waals surface area contributed by atoms with E-state index in [0.29, 0.717) is 29.6 Å². The fraction of sp³-hybridized carbons (Fsp3) is 0.238. The molecule has 0 aliphatic carbocycles. The Morgan fingerprint density at radius 1 is 1.16 bits per heavy atom. The lowest BCUT2D eigenvalue weighted by molar-refractivity contribution is -0.0505. The van der Waals surface area contributed by atoms with E-state index in [1.807, 2.05) is 35.7 Å². The Morgan fingerprint density at radius 2 is 1.90 bits per heavy atom. The van der Waals surface area contributed by atoms with Crippen LogP contribution in [0.2, 0.25) is 0 Å². The number of hydrogen-bond acceptors (Lipinski definition) is 6. The van der Waals surface area contributed by atoms with Gasteiger partial charge in [-0.05, 0) is 6.07 Å². The van der Waals surface area contributed by atoms with Crippen molar-refractivity contribution < 1.29 is 23.0 Å². The van der Waals surface area contributed by atoms with Gasteiger partial charge < -0.3 is 24.8 Å². The van der Waals surface area contributed by atoms with Crippen molar-refractivity contribution in [2.75, 3.05) is 13.8 Å². The van der Waals surface area contributed by atoms with Crippen molar-refractivity contribution in [2.45, 2.75) is 19.7 Å². The summed E-state index contributed by atoms with van der Waals surface area (Å²) in [5.74, 6) is 1.38. The van der Waals surface area contributed by atoms with Gasteiger partial charge in [0, 0.05) is 36.2 Å². The van der Waals surface area contributed by atoms with Crippen LogP contribution in [0.1, 0.15) is 11.3 Å². The molecule has 0 saturated heterocycles. The Kier molecular flexibility index (Phi) is 6.46. The zero-order valence-corrected chi connectivity index (χ0v) is 17.4. The molecule has 162 valence electrons. The molecule has 3 aromatic rings. The van der Waals surface area contributed by atoms with E-state index in [1.54, 1.807) is 24.5 Å². The highest BCUT2D eigenvalue weighted by atomic mass is 32.1. The smallest absolute Gasteiger partial charge is 0.387 e. The van der Waals surface area contributed by atoms with Gasteiger partial charge in [-0.1, -0.05) is 30.3 Å². The van der Waals surface area contributed by atoms with Gasteiger partial charge in [-0.3, -0.25) is 4.99 Å². The summed E-state index contributed by atoms with van der Waals surface area (Å²) < 4.78 is 40.8. The maximum atomic E-state index is 12.8. The van der Waals surface area contributed by atoms with Crippen LogP contribution in [0.3, 0.4) is 0 Å². The highest BCUT2D eigenvalue weighted by molar-refractivity contribution is 7.13. The van der Waals surface area contributed by atoms with Crippen molar-refractivity contribution in [3.05, 3.63) is 59.1 Å². The van der Waals surface area contributed by atoms with Crippen LogP contribution in [-0.4, -0.2) is 31.4 Å². The topological polar surface area (TPSA) is 77.0 Å². The number of nitrogens with zero attached hydrogens (tertiary/aromatic N) is 2. The van der Waals surface area contributed by atoms with Crippen LogP contribution in [0.25, 0.3) is 10.6 Å². The van der Waals surface area contributed by atoms with Gasteiger partial charge in [-0.2, -0.15) is 8.78 Å². The zero-order valence-electron chi connectivity index (χ0n) is 16.6. The minimum absolute atomic E-state index is 0.0224. The van der Waals surface area contributed by atoms with E-state index in [2.05, 4.69) is 25.3 Å². The van der Waals surface area contributed by atoms with Gasteiger partial charge in [-0.25, -0.2) is 4.98 Å². The van der Waals surface area contributed by atoms with Crippen molar-refractivity contribution in [3.8, 4) is 27.8 Å². The number of guanidine groups is 1. The maximum Gasteiger partial charge on any atom is 0.387 e. The molecule has 0 atom stereocenters. The molecular weight excluding hydrogens is 426 g/mol. The third-order valence-corrected chi connectivity index (χ3v) is 5.39. The molecule has 2 heterocycles. The number of hydrogen-bond donors (Lipinski definition) is 2. The quantitative estimate of drug-likeness (QED) is 0.422. The van der Waals surface area contributed by atoms with Gasteiger partial charge in [0.25, 0.3) is 0 Å². The number of ether oxygens (including phenoxy) is 3. The van der Waals surface area contributed by atoms with Crippen LogP contribution in [-0.2, 0) is 13.1 Å². The van der Waals surface area contributed by atoms with Crippen molar-refractivity contribution in [2.24, 2.45) is 4.99 Å². The van der Waals surface area contributed by atoms with Crippen molar-refractivity contribution in [1.29, 1.82) is 0 Å². The van der Waals surface area contributed by atoms with Gasteiger partial charge in [0.2, 0.25) is 6.79 Å². The number of rotatable bonds is 7. The summed E-state index contributed by atoms with van der Waals surface area (Å²) in [7, 11) is 1.63. The second-order valence-electron chi connectivity index (χ2n) is 6.48. The number of thiazole rings is 1. The van der Waals surface area contributed by atoms with Crippen LogP contribution in [0.4, 0.5) is 8.78 Å². The number of aromatic nitrogens is 1. The minimum Gasteiger partial charge on any atom is -0.454 e. The molecule has 0 saturated carbocycles. The molecule has 0 fully saturated rings. The fourth-order valence-corrected chi connectivity index (χ4v) is 3.81. The lowest BCUT2D eigenvalue weighted by Crippen LogP contribution is -2.36. The molecule has 2 N–H and O–H groups in total. The lowest BCUT2D eigenvalue weighted by atomic mass is 10.1. The molecule has 0 unspecified atom stereocenters. The van der Waals surface area contributed by atoms with E-state index >= 15 is 0 Å². The third kappa shape index (κ3) is 5.21. The summed E-state index contributed by atoms with van der Waals surface area (Å²) in [5.41, 5.74) is 2.43. The first-order chi connectivity index (χ1) is 15.1. The highest BCUT2D eigenvalue weighted by Gasteiger charge is 2.20. The summed E-state index contributed by atoms with van der Waals surface area (Å²) in [6.45, 7) is -2.24. The molecule has 2 aromatic carbocycles. The number of nitrogens with one attached hydrogen (secondary N) is 2. The largest absolute Gasteiger partial charge is 0.454 e. The van der Waals surface area contributed by atoms with Crippen molar-refractivity contribution in [1.82, 2.24) is 15.6 Å². The van der Waals surface area contributed by atoms with Gasteiger partial charge in [0.1, 0.15) is 10.8 Å². The van der Waals surface area contributed by atoms with E-state index in [-0.39, 0.29) is 19.1 Å². The first-order valence-electron chi connectivity index (χ1n) is 9.44. The third-order valence-electron chi connectivity index (χ3n) is 4.45. The first-order valence-corrected chi connectivity index (χ1v) is 10.3. The Labute approximate surface area is 181 Å². The first kappa shape index (κ1) is 20.9. The van der Waals surface area contributed by atoms with Crippen LogP contribution in [0.15, 0.2) is 52.8 Å². The summed E-state index contributed by atoms with van der Waals surface area (Å²) in [5, 5.41) is 9.18. The summed E-state index contributed by atoms with van der Waals surface area (Å²) >= 11 is 1.57. The number of alkyl halides is 2. The SMILES string of the molecule is CN=C(NCc1csc(-c2ccccc2)n1)NCc1cc2c(cc1OC(F)F)OCO2. The number of fused-ring (bicyclic) bond motifs is 1. The average molecular weight is 446 g/mol. The van der Waals surface area contributed by atoms with Gasteiger partial charge in [0.05, 0.1) is 12.2 Å². The maximum absolute atomic E-state index is 12.8. The summed E-state index contributed by atoms with van der Waals surface area (Å²) in [6.07, 6.45) is 0. The number of benzene rings is 2. The van der Waals surface area contributed by atoms with E-state index < -0.39 is 6.61 Å². The Hall–Kier alpha value is -3.40. The molecule has 1 aliphatic rings. The monoisotopic (exact) mass is 446 g/mol. The molecule has 1 aromatic heterocycles. The predicted octanol–water partition coefficient (Wildman–Crippen LogP) is 4.01. The number of aliphatic imine (C=N–C) groups is 1. The van der Waals surface area contributed by atoms with Crippen LogP contribution in [0.5, 0.6) is 17.2 Å². The van der Waals surface area contributed by atoms with E-state index in [9.17, 15) is 8.78 Å². The molecule has 0 amide bonds. The predicted molar refractivity (Wildman–Crippen MR) is 114 cm³/mol. The molecule has 4 rings (SSSR count). The molecule has 7 nitrogen and oxygen atoms in total. The molecule has 0 spiro atoms. The van der Waals surface area contributed by atoms with Gasteiger partial charge >= 0.3 is 6.61 Å². The molecule has 0 radical (unpaired) electrons. The molecule has 31 heavy (non-hydrogen) atoms. The second-order valence-corrected chi connectivity index (χ2v) is 7.34. The van der Waals surface area contributed by atoms with Crippen LogP contribution >= 0.6 is 11.3 Å². The Balaban J connectivity index is 1.38.